The summed E-state index contributed by atoms with van der Waals surface area (Å²) >= 11 is 0. The van der Waals surface area contributed by atoms with E-state index >= 15 is 0 Å². The Morgan fingerprint density at radius 1 is 1.22 bits per heavy atom. The quantitative estimate of drug-likeness (QED) is 0.766. The summed E-state index contributed by atoms with van der Waals surface area (Å²) in [6, 6.07) is 9.80. The zero-order chi connectivity index (χ0) is 18.8. The number of aromatic nitrogens is 3. The summed E-state index contributed by atoms with van der Waals surface area (Å²) in [5.41, 5.74) is 2.86. The monoisotopic (exact) mass is 364 g/mol. The number of amides is 1. The van der Waals surface area contributed by atoms with Gasteiger partial charge in [0, 0.05) is 18.7 Å². The number of rotatable bonds is 4. The van der Waals surface area contributed by atoms with Crippen molar-refractivity contribution in [2.24, 2.45) is 7.05 Å². The molecule has 0 unspecified atom stereocenters. The number of carbonyl (C=O) groups excluding carboxylic acids is 1. The van der Waals surface area contributed by atoms with Gasteiger partial charge in [-0.3, -0.25) is 9.48 Å². The first-order valence-corrected chi connectivity index (χ1v) is 9.44. The minimum Gasteiger partial charge on any atom is -0.496 e. The highest BCUT2D eigenvalue weighted by atomic mass is 16.5. The van der Waals surface area contributed by atoms with E-state index in [1.807, 2.05) is 37.4 Å². The molecule has 3 aromatic rings. The van der Waals surface area contributed by atoms with Crippen LogP contribution in [-0.4, -0.2) is 33.8 Å². The molecule has 0 atom stereocenters. The maximum Gasteiger partial charge on any atom is 0.252 e. The molecule has 1 aromatic carbocycles. The van der Waals surface area contributed by atoms with Crippen molar-refractivity contribution in [1.82, 2.24) is 20.1 Å². The number of pyridine rings is 1. The Hall–Kier alpha value is -2.89. The zero-order valence-electron chi connectivity index (χ0n) is 15.7. The van der Waals surface area contributed by atoms with Crippen molar-refractivity contribution in [3.05, 3.63) is 42.1 Å². The lowest BCUT2D eigenvalue weighted by molar-refractivity contribution is 0.0929. The summed E-state index contributed by atoms with van der Waals surface area (Å²) in [4.78, 5) is 17.8. The maximum atomic E-state index is 13.1. The summed E-state index contributed by atoms with van der Waals surface area (Å²) in [5.74, 6) is 0.670. The van der Waals surface area contributed by atoms with Gasteiger partial charge in [-0.25, -0.2) is 4.98 Å². The fourth-order valence-electron chi connectivity index (χ4n) is 3.81. The molecule has 140 valence electrons. The van der Waals surface area contributed by atoms with Gasteiger partial charge in [-0.1, -0.05) is 31.4 Å². The maximum absolute atomic E-state index is 13.1. The molecule has 0 aliphatic heterocycles. The zero-order valence-corrected chi connectivity index (χ0v) is 15.7. The molecule has 2 aromatic heterocycles. The summed E-state index contributed by atoms with van der Waals surface area (Å²) in [6.07, 6.45) is 7.42. The van der Waals surface area contributed by atoms with Crippen LogP contribution in [0, 0.1) is 0 Å². The van der Waals surface area contributed by atoms with E-state index in [2.05, 4.69) is 10.4 Å². The first-order valence-electron chi connectivity index (χ1n) is 9.44. The smallest absolute Gasteiger partial charge is 0.252 e. The molecule has 6 heteroatoms. The number of nitrogens with one attached hydrogen (secondary N) is 1. The van der Waals surface area contributed by atoms with Crippen LogP contribution in [0.5, 0.6) is 5.75 Å². The molecule has 0 bridgehead atoms. The number of fused-ring (bicyclic) bond motifs is 1. The molecular weight excluding hydrogens is 340 g/mol. The van der Waals surface area contributed by atoms with Crippen LogP contribution in [0.3, 0.4) is 0 Å². The minimum atomic E-state index is -0.0570. The fraction of sp³-hybridized carbons (Fsp3) is 0.381. The van der Waals surface area contributed by atoms with E-state index in [9.17, 15) is 4.79 Å². The molecule has 4 rings (SSSR count). The number of benzene rings is 1. The van der Waals surface area contributed by atoms with Gasteiger partial charge in [-0.05, 0) is 31.0 Å². The highest BCUT2D eigenvalue weighted by Crippen LogP contribution is 2.31. The number of hydrogen-bond donors (Lipinski definition) is 1. The molecule has 2 heterocycles. The van der Waals surface area contributed by atoms with Crippen LogP contribution in [0.4, 0.5) is 0 Å². The fourth-order valence-corrected chi connectivity index (χ4v) is 3.81. The third-order valence-electron chi connectivity index (χ3n) is 5.27. The number of para-hydroxylation sites is 1. The van der Waals surface area contributed by atoms with E-state index in [1.165, 1.54) is 19.3 Å². The molecule has 1 aliphatic rings. The topological polar surface area (TPSA) is 69.0 Å². The number of hydrogen-bond acceptors (Lipinski definition) is 4. The average Bonchev–Trinajstić information content (AvgIpc) is 3.09. The van der Waals surface area contributed by atoms with Crippen molar-refractivity contribution >= 4 is 16.9 Å². The standard InChI is InChI=1S/C21H24N4O2/c1-25-20-17(13-22-25)16(21(26)23-14-8-4-3-5-9-14)12-18(24-20)15-10-6-7-11-19(15)27-2/h6-7,10-14H,3-5,8-9H2,1-2H3,(H,23,26). The van der Waals surface area contributed by atoms with Gasteiger partial charge >= 0.3 is 0 Å². The van der Waals surface area contributed by atoms with Gasteiger partial charge in [-0.2, -0.15) is 5.10 Å². The summed E-state index contributed by atoms with van der Waals surface area (Å²) < 4.78 is 7.18. The van der Waals surface area contributed by atoms with Crippen molar-refractivity contribution in [2.45, 2.75) is 38.1 Å². The molecule has 1 fully saturated rings. The number of carbonyl (C=O) groups is 1. The van der Waals surface area contributed by atoms with Crippen molar-refractivity contribution in [3.8, 4) is 17.0 Å². The summed E-state index contributed by atoms with van der Waals surface area (Å²) in [5, 5.41) is 8.28. The average molecular weight is 364 g/mol. The highest BCUT2D eigenvalue weighted by molar-refractivity contribution is 6.06. The van der Waals surface area contributed by atoms with Crippen molar-refractivity contribution in [3.63, 3.8) is 0 Å². The predicted molar refractivity (Wildman–Crippen MR) is 105 cm³/mol. The molecule has 1 N–H and O–H groups in total. The second-order valence-electron chi connectivity index (χ2n) is 7.07. The van der Waals surface area contributed by atoms with Crippen LogP contribution < -0.4 is 10.1 Å². The lowest BCUT2D eigenvalue weighted by Crippen LogP contribution is -2.36. The molecule has 0 saturated heterocycles. The number of methoxy groups -OCH3 is 1. The van der Waals surface area contributed by atoms with E-state index in [0.717, 1.165) is 29.5 Å². The van der Waals surface area contributed by atoms with Crippen LogP contribution in [0.1, 0.15) is 42.5 Å². The second kappa shape index (κ2) is 7.39. The van der Waals surface area contributed by atoms with E-state index in [0.29, 0.717) is 16.9 Å². The Morgan fingerprint density at radius 2 is 2.00 bits per heavy atom. The molecule has 1 aliphatic carbocycles. The summed E-state index contributed by atoms with van der Waals surface area (Å²) in [6.45, 7) is 0. The Balaban J connectivity index is 1.78. The first kappa shape index (κ1) is 17.5. The Morgan fingerprint density at radius 3 is 2.78 bits per heavy atom. The van der Waals surface area contributed by atoms with Crippen LogP contribution in [0.25, 0.3) is 22.3 Å². The van der Waals surface area contributed by atoms with Gasteiger partial charge in [0.05, 0.1) is 30.0 Å². The first-order chi connectivity index (χ1) is 13.2. The predicted octanol–water partition coefficient (Wildman–Crippen LogP) is 3.71. The van der Waals surface area contributed by atoms with Gasteiger partial charge in [0.25, 0.3) is 5.91 Å². The van der Waals surface area contributed by atoms with Gasteiger partial charge < -0.3 is 10.1 Å². The van der Waals surface area contributed by atoms with Crippen LogP contribution in [-0.2, 0) is 7.05 Å². The van der Waals surface area contributed by atoms with E-state index in [4.69, 9.17) is 9.72 Å². The van der Waals surface area contributed by atoms with E-state index in [-0.39, 0.29) is 11.9 Å². The van der Waals surface area contributed by atoms with Gasteiger partial charge in [0.1, 0.15) is 5.75 Å². The molecule has 6 nitrogen and oxygen atoms in total. The molecule has 1 saturated carbocycles. The number of nitrogens with zero attached hydrogens (tertiary/aromatic N) is 3. The Labute approximate surface area is 158 Å². The second-order valence-corrected chi connectivity index (χ2v) is 7.07. The Kier molecular flexibility index (Phi) is 4.79. The van der Waals surface area contributed by atoms with Crippen molar-refractivity contribution in [1.29, 1.82) is 0 Å². The normalized spacial score (nSPS) is 15.0. The van der Waals surface area contributed by atoms with Crippen LogP contribution >= 0.6 is 0 Å². The molecule has 0 spiro atoms. The summed E-state index contributed by atoms with van der Waals surface area (Å²) in [7, 11) is 3.47. The lowest BCUT2D eigenvalue weighted by atomic mass is 9.95. The number of ether oxygens (including phenoxy) is 1. The molecule has 1 amide bonds. The third kappa shape index (κ3) is 3.39. The van der Waals surface area contributed by atoms with E-state index < -0.39 is 0 Å². The minimum absolute atomic E-state index is 0.0570. The van der Waals surface area contributed by atoms with Gasteiger partial charge in [-0.15, -0.1) is 0 Å². The third-order valence-corrected chi connectivity index (χ3v) is 5.27. The number of aryl methyl sites for hydroxylation is 1. The molecule has 27 heavy (non-hydrogen) atoms. The van der Waals surface area contributed by atoms with Crippen molar-refractivity contribution in [2.75, 3.05) is 7.11 Å². The van der Waals surface area contributed by atoms with Crippen molar-refractivity contribution < 1.29 is 9.53 Å². The Bertz CT molecular complexity index is 973. The van der Waals surface area contributed by atoms with E-state index in [1.54, 1.807) is 18.0 Å². The molecular formula is C21H24N4O2. The molecule has 0 radical (unpaired) electrons. The largest absolute Gasteiger partial charge is 0.496 e. The lowest BCUT2D eigenvalue weighted by Gasteiger charge is -2.23. The van der Waals surface area contributed by atoms with Crippen LogP contribution in [0.2, 0.25) is 0 Å². The SMILES string of the molecule is COc1ccccc1-c1cc(C(=O)NC2CCCCC2)c2cnn(C)c2n1. The van der Waals surface area contributed by atoms with Gasteiger partial charge in [0.2, 0.25) is 0 Å². The van der Waals surface area contributed by atoms with Crippen LogP contribution in [0.15, 0.2) is 36.5 Å². The van der Waals surface area contributed by atoms with Gasteiger partial charge in [0.15, 0.2) is 5.65 Å². The highest BCUT2D eigenvalue weighted by Gasteiger charge is 2.21.